The van der Waals surface area contributed by atoms with Crippen LogP contribution in [0.25, 0.3) is 10.9 Å². The summed E-state index contributed by atoms with van der Waals surface area (Å²) in [5.41, 5.74) is 2.33. The van der Waals surface area contributed by atoms with Crippen molar-refractivity contribution in [1.29, 1.82) is 0 Å². The molecule has 1 N–H and O–H groups in total. The van der Waals surface area contributed by atoms with Crippen molar-refractivity contribution < 1.29 is 18.7 Å². The van der Waals surface area contributed by atoms with Crippen molar-refractivity contribution in [3.63, 3.8) is 0 Å². The van der Waals surface area contributed by atoms with Gasteiger partial charge in [-0.15, -0.1) is 0 Å². The summed E-state index contributed by atoms with van der Waals surface area (Å²) in [6, 6.07) is 9.24. The lowest BCUT2D eigenvalue weighted by Crippen LogP contribution is -2.03. The van der Waals surface area contributed by atoms with E-state index in [0.29, 0.717) is 26.5 Å². The minimum Gasteiger partial charge on any atom is -0.497 e. The minimum absolute atomic E-state index is 0.0525. The predicted molar refractivity (Wildman–Crippen MR) is 103 cm³/mol. The van der Waals surface area contributed by atoms with Crippen LogP contribution in [0.3, 0.4) is 0 Å². The second kappa shape index (κ2) is 7.21. The second-order valence-corrected chi connectivity index (χ2v) is 6.87. The Hall–Kier alpha value is -1.80. The highest BCUT2D eigenvalue weighted by molar-refractivity contribution is 14.1. The van der Waals surface area contributed by atoms with Gasteiger partial charge in [0, 0.05) is 0 Å². The van der Waals surface area contributed by atoms with Gasteiger partial charge in [0.15, 0.2) is 5.82 Å². The van der Waals surface area contributed by atoms with Gasteiger partial charge >= 0.3 is 5.97 Å². The molecule has 3 aromatic rings. The van der Waals surface area contributed by atoms with Gasteiger partial charge in [0.1, 0.15) is 11.4 Å². The van der Waals surface area contributed by atoms with E-state index in [1.165, 1.54) is 7.11 Å². The Labute approximate surface area is 162 Å². The summed E-state index contributed by atoms with van der Waals surface area (Å²) >= 11 is 8.16. The summed E-state index contributed by atoms with van der Waals surface area (Å²) in [4.78, 5) is 14.7. The van der Waals surface area contributed by atoms with E-state index in [0.717, 1.165) is 11.3 Å². The molecule has 0 saturated carbocycles. The van der Waals surface area contributed by atoms with Crippen molar-refractivity contribution >= 4 is 51.1 Å². The van der Waals surface area contributed by atoms with Crippen LogP contribution in [-0.2, 0) is 11.2 Å². The third-order valence-electron chi connectivity index (χ3n) is 3.92. The first-order valence-electron chi connectivity index (χ1n) is 7.35. The van der Waals surface area contributed by atoms with E-state index in [1.54, 1.807) is 13.2 Å². The molecule has 0 fully saturated rings. The molecule has 130 valence electrons. The molecule has 0 aliphatic carbocycles. The molecule has 7 heteroatoms. The Morgan fingerprint density at radius 2 is 1.96 bits per heavy atom. The van der Waals surface area contributed by atoms with Crippen molar-refractivity contribution in [3.8, 4) is 5.75 Å². The lowest BCUT2D eigenvalue weighted by molar-refractivity contribution is 0.0594. The molecule has 25 heavy (non-hydrogen) atoms. The van der Waals surface area contributed by atoms with Crippen LogP contribution in [0.5, 0.6) is 5.75 Å². The van der Waals surface area contributed by atoms with Gasteiger partial charge in [-0.25, -0.2) is 9.18 Å². The number of halogens is 3. The van der Waals surface area contributed by atoms with Crippen LogP contribution >= 0.6 is 34.2 Å². The number of rotatable bonds is 4. The van der Waals surface area contributed by atoms with E-state index in [9.17, 15) is 9.18 Å². The first kappa shape index (κ1) is 18.0. The van der Waals surface area contributed by atoms with Crippen molar-refractivity contribution in [2.24, 2.45) is 0 Å². The maximum absolute atomic E-state index is 14.8. The zero-order valence-corrected chi connectivity index (χ0v) is 16.4. The number of carbonyl (C=O) groups excluding carboxylic acids is 1. The number of H-pyrrole nitrogens is 1. The van der Waals surface area contributed by atoms with Crippen LogP contribution in [0.4, 0.5) is 4.39 Å². The predicted octanol–water partition coefficient (Wildman–Crippen LogP) is 4.95. The Morgan fingerprint density at radius 1 is 1.28 bits per heavy atom. The van der Waals surface area contributed by atoms with Gasteiger partial charge in [-0.3, -0.25) is 0 Å². The lowest BCUT2D eigenvalue weighted by Gasteiger charge is -2.08. The van der Waals surface area contributed by atoms with Crippen LogP contribution in [0.15, 0.2) is 30.3 Å². The van der Waals surface area contributed by atoms with Gasteiger partial charge in [0.2, 0.25) is 0 Å². The van der Waals surface area contributed by atoms with Crippen LogP contribution in [0, 0.1) is 9.39 Å². The smallest absolute Gasteiger partial charge is 0.355 e. The van der Waals surface area contributed by atoms with Gasteiger partial charge < -0.3 is 14.5 Å². The molecular weight excluding hydrogens is 460 g/mol. The van der Waals surface area contributed by atoms with Gasteiger partial charge in [0.25, 0.3) is 0 Å². The third-order valence-corrected chi connectivity index (χ3v) is 5.41. The topological polar surface area (TPSA) is 51.3 Å². The molecule has 1 aromatic heterocycles. The summed E-state index contributed by atoms with van der Waals surface area (Å²) < 4.78 is 25.1. The van der Waals surface area contributed by atoms with Crippen molar-refractivity contribution in [2.75, 3.05) is 14.2 Å². The molecule has 0 spiro atoms. The van der Waals surface area contributed by atoms with Crippen LogP contribution in [0.1, 0.15) is 21.6 Å². The van der Waals surface area contributed by atoms with E-state index in [2.05, 4.69) is 4.98 Å². The van der Waals surface area contributed by atoms with Crippen LogP contribution in [0.2, 0.25) is 5.02 Å². The number of hydrogen-bond donors (Lipinski definition) is 1. The lowest BCUT2D eigenvalue weighted by atomic mass is 10.0. The Kier molecular flexibility index (Phi) is 5.19. The largest absolute Gasteiger partial charge is 0.497 e. The fourth-order valence-electron chi connectivity index (χ4n) is 2.64. The second-order valence-electron chi connectivity index (χ2n) is 5.42. The standard InChI is InChI=1S/C18H14ClFINO3/c1-24-11-5-3-9(4-6-11)7-10-8-12-13(15(20)14(10)19)16(21)17(22-12)18(23)25-2/h3-6,8,22H,7H2,1-2H3. The summed E-state index contributed by atoms with van der Waals surface area (Å²) in [6.07, 6.45) is 0.457. The highest BCUT2D eigenvalue weighted by Gasteiger charge is 2.22. The molecule has 4 nitrogen and oxygen atoms in total. The molecule has 0 aliphatic rings. The van der Waals surface area contributed by atoms with Gasteiger partial charge in [-0.1, -0.05) is 23.7 Å². The van der Waals surface area contributed by atoms with Crippen LogP contribution in [-0.4, -0.2) is 25.2 Å². The van der Waals surface area contributed by atoms with Crippen molar-refractivity contribution in [2.45, 2.75) is 6.42 Å². The Balaban J connectivity index is 2.07. The molecule has 0 bridgehead atoms. The van der Waals surface area contributed by atoms with E-state index < -0.39 is 11.8 Å². The fourth-order valence-corrected chi connectivity index (χ4v) is 3.74. The van der Waals surface area contributed by atoms with Gasteiger partial charge in [0.05, 0.1) is 33.7 Å². The number of methoxy groups -OCH3 is 2. The first-order valence-corrected chi connectivity index (χ1v) is 8.81. The third kappa shape index (κ3) is 3.32. The van der Waals surface area contributed by atoms with E-state index in [1.807, 2.05) is 46.9 Å². The quantitative estimate of drug-likeness (QED) is 0.431. The normalized spacial score (nSPS) is 10.9. The number of esters is 1. The zero-order chi connectivity index (χ0) is 18.1. The van der Waals surface area contributed by atoms with Gasteiger partial charge in [-0.05, 0) is 58.3 Å². The van der Waals surface area contributed by atoms with Crippen molar-refractivity contribution in [1.82, 2.24) is 4.98 Å². The van der Waals surface area contributed by atoms with E-state index >= 15 is 0 Å². The van der Waals surface area contributed by atoms with Crippen molar-refractivity contribution in [3.05, 3.63) is 61.6 Å². The molecule has 2 aromatic carbocycles. The summed E-state index contributed by atoms with van der Waals surface area (Å²) in [5.74, 6) is -0.343. The number of aromatic amines is 1. The summed E-state index contributed by atoms with van der Waals surface area (Å²) in [7, 11) is 2.88. The first-order chi connectivity index (χ1) is 12.0. The number of fused-ring (bicyclic) bond motifs is 1. The molecule has 3 rings (SSSR count). The van der Waals surface area contributed by atoms with E-state index in [4.69, 9.17) is 21.1 Å². The average molecular weight is 474 g/mol. The summed E-state index contributed by atoms with van der Waals surface area (Å²) in [5, 5.41) is 0.348. The Bertz CT molecular complexity index is 953. The number of aromatic nitrogens is 1. The van der Waals surface area contributed by atoms with E-state index in [-0.39, 0.29) is 10.7 Å². The average Bonchev–Trinajstić information content (AvgIpc) is 2.96. The molecule has 0 saturated heterocycles. The number of benzene rings is 2. The highest BCUT2D eigenvalue weighted by atomic mass is 127. The monoisotopic (exact) mass is 473 g/mol. The number of nitrogens with one attached hydrogen (secondary N) is 1. The minimum atomic E-state index is -0.548. The molecule has 0 aliphatic heterocycles. The Morgan fingerprint density at radius 3 is 2.56 bits per heavy atom. The SMILES string of the molecule is COC(=O)c1[nH]c2cc(Cc3ccc(OC)cc3)c(Cl)c(F)c2c1I. The molecule has 0 radical (unpaired) electrons. The molecule has 0 amide bonds. The number of carbonyl (C=O) groups is 1. The summed E-state index contributed by atoms with van der Waals surface area (Å²) in [6.45, 7) is 0. The zero-order valence-electron chi connectivity index (χ0n) is 13.5. The molecular formula is C18H14ClFINO3. The number of ether oxygens (including phenoxy) is 2. The molecule has 1 heterocycles. The molecule has 0 unspecified atom stereocenters. The molecule has 0 atom stereocenters. The maximum Gasteiger partial charge on any atom is 0.355 e. The fraction of sp³-hybridized carbons (Fsp3) is 0.167. The maximum atomic E-state index is 14.8. The number of hydrogen-bond acceptors (Lipinski definition) is 3. The van der Waals surface area contributed by atoms with Crippen LogP contribution < -0.4 is 4.74 Å². The highest BCUT2D eigenvalue weighted by Crippen LogP contribution is 2.34. The van der Waals surface area contributed by atoms with Gasteiger partial charge in [-0.2, -0.15) is 0 Å².